The fourth-order valence-corrected chi connectivity index (χ4v) is 3.35. The molecule has 1 aliphatic rings. The van der Waals surface area contributed by atoms with Gasteiger partial charge in [-0.15, -0.1) is 0 Å². The maximum absolute atomic E-state index is 12.5. The van der Waals surface area contributed by atoms with Gasteiger partial charge in [0.2, 0.25) is 0 Å². The number of hydrogen-bond donors (Lipinski definition) is 3. The number of H-pyrrole nitrogens is 1. The zero-order valence-corrected chi connectivity index (χ0v) is 14.9. The first kappa shape index (κ1) is 17.4. The van der Waals surface area contributed by atoms with Crippen LogP contribution in [-0.4, -0.2) is 59.0 Å². The maximum atomic E-state index is 12.5. The van der Waals surface area contributed by atoms with E-state index in [1.54, 1.807) is 12.4 Å². The van der Waals surface area contributed by atoms with E-state index >= 15 is 0 Å². The standard InChI is InChI=1S/C19H22N6O2/c26-19(23-16-5-1-3-15-12-22-24-18(15)16)21-13-17(14-4-2-6-20-11-14)25-7-9-27-10-8-25/h1-6,11-12,17H,7-10,13H2,(H,22,24)(H2,21,23,26)/t17-/m0/s1. The van der Waals surface area contributed by atoms with Gasteiger partial charge in [-0.1, -0.05) is 18.2 Å². The minimum absolute atomic E-state index is 0.0521. The number of nitrogens with zero attached hydrogens (tertiary/aromatic N) is 3. The molecule has 0 radical (unpaired) electrons. The van der Waals surface area contributed by atoms with E-state index in [4.69, 9.17) is 4.74 Å². The number of rotatable bonds is 5. The summed E-state index contributed by atoms with van der Waals surface area (Å²) in [5, 5.41) is 13.8. The first-order valence-electron chi connectivity index (χ1n) is 9.00. The van der Waals surface area contributed by atoms with E-state index in [0.717, 1.165) is 29.6 Å². The van der Waals surface area contributed by atoms with Crippen molar-refractivity contribution in [3.05, 3.63) is 54.5 Å². The van der Waals surface area contributed by atoms with Gasteiger partial charge in [0.1, 0.15) is 0 Å². The smallest absolute Gasteiger partial charge is 0.319 e. The summed E-state index contributed by atoms with van der Waals surface area (Å²) in [6.07, 6.45) is 5.34. The van der Waals surface area contributed by atoms with Crippen molar-refractivity contribution < 1.29 is 9.53 Å². The lowest BCUT2D eigenvalue weighted by Crippen LogP contribution is -2.44. The van der Waals surface area contributed by atoms with Gasteiger partial charge in [-0.05, 0) is 17.7 Å². The number of para-hydroxylation sites is 1. The van der Waals surface area contributed by atoms with Crippen molar-refractivity contribution in [3.63, 3.8) is 0 Å². The Bertz CT molecular complexity index is 891. The summed E-state index contributed by atoms with van der Waals surface area (Å²) < 4.78 is 5.46. The van der Waals surface area contributed by atoms with Gasteiger partial charge in [-0.3, -0.25) is 15.0 Å². The molecule has 0 unspecified atom stereocenters. The fourth-order valence-electron chi connectivity index (χ4n) is 3.35. The molecular weight excluding hydrogens is 344 g/mol. The monoisotopic (exact) mass is 366 g/mol. The Hall–Kier alpha value is -2.97. The van der Waals surface area contributed by atoms with Gasteiger partial charge in [-0.2, -0.15) is 5.10 Å². The van der Waals surface area contributed by atoms with Crippen molar-refractivity contribution in [1.29, 1.82) is 0 Å². The van der Waals surface area contributed by atoms with Crippen LogP contribution in [0.4, 0.5) is 10.5 Å². The first-order valence-corrected chi connectivity index (χ1v) is 9.00. The lowest BCUT2D eigenvalue weighted by molar-refractivity contribution is 0.0167. The SMILES string of the molecule is O=C(NC[C@@H](c1cccnc1)N1CCOCC1)Nc1cccc2cn[nH]c12. The minimum Gasteiger partial charge on any atom is -0.379 e. The number of hydrogen-bond acceptors (Lipinski definition) is 5. The molecule has 2 amide bonds. The van der Waals surface area contributed by atoms with Crippen LogP contribution in [0.2, 0.25) is 0 Å². The summed E-state index contributed by atoms with van der Waals surface area (Å²) in [5.74, 6) is 0. The van der Waals surface area contributed by atoms with Crippen molar-refractivity contribution in [3.8, 4) is 0 Å². The third kappa shape index (κ3) is 4.07. The molecule has 1 fully saturated rings. The zero-order chi connectivity index (χ0) is 18.5. The number of aromatic nitrogens is 3. The highest BCUT2D eigenvalue weighted by Crippen LogP contribution is 2.22. The number of urea groups is 1. The quantitative estimate of drug-likeness (QED) is 0.643. The Morgan fingerprint density at radius 1 is 1.22 bits per heavy atom. The van der Waals surface area contributed by atoms with Crippen LogP contribution < -0.4 is 10.6 Å². The number of fused-ring (bicyclic) bond motifs is 1. The second-order valence-corrected chi connectivity index (χ2v) is 6.43. The normalized spacial score (nSPS) is 16.1. The zero-order valence-electron chi connectivity index (χ0n) is 14.9. The number of aromatic amines is 1. The summed E-state index contributed by atoms with van der Waals surface area (Å²) in [4.78, 5) is 19.0. The predicted molar refractivity (Wildman–Crippen MR) is 102 cm³/mol. The van der Waals surface area contributed by atoms with Gasteiger partial charge in [0.25, 0.3) is 0 Å². The molecule has 3 aromatic rings. The molecule has 0 spiro atoms. The van der Waals surface area contributed by atoms with Crippen molar-refractivity contribution >= 4 is 22.6 Å². The second kappa shape index (κ2) is 8.15. The van der Waals surface area contributed by atoms with E-state index in [-0.39, 0.29) is 12.1 Å². The predicted octanol–water partition coefficient (Wildman–Crippen LogP) is 2.15. The number of morpholine rings is 1. The molecule has 1 aliphatic heterocycles. The molecule has 2 aromatic heterocycles. The van der Waals surface area contributed by atoms with Crippen LogP contribution in [0.25, 0.3) is 10.9 Å². The van der Waals surface area contributed by atoms with Crippen molar-refractivity contribution in [2.24, 2.45) is 0 Å². The van der Waals surface area contributed by atoms with Crippen molar-refractivity contribution in [2.75, 3.05) is 38.2 Å². The number of nitrogens with one attached hydrogen (secondary N) is 3. The molecule has 0 bridgehead atoms. The number of carbonyl (C=O) groups excluding carboxylic acids is 1. The highest BCUT2D eigenvalue weighted by molar-refractivity contribution is 5.99. The third-order valence-corrected chi connectivity index (χ3v) is 4.74. The van der Waals surface area contributed by atoms with Gasteiger partial charge in [0.05, 0.1) is 36.7 Å². The first-order chi connectivity index (χ1) is 13.3. The summed E-state index contributed by atoms with van der Waals surface area (Å²) in [7, 11) is 0. The van der Waals surface area contributed by atoms with E-state index in [9.17, 15) is 4.79 Å². The van der Waals surface area contributed by atoms with E-state index in [2.05, 4.69) is 30.7 Å². The van der Waals surface area contributed by atoms with Gasteiger partial charge in [-0.25, -0.2) is 4.79 Å². The van der Waals surface area contributed by atoms with Crippen LogP contribution in [0, 0.1) is 0 Å². The minimum atomic E-state index is -0.251. The van der Waals surface area contributed by atoms with Gasteiger partial charge < -0.3 is 15.4 Å². The molecule has 3 heterocycles. The van der Waals surface area contributed by atoms with Gasteiger partial charge in [0, 0.05) is 37.4 Å². The Balaban J connectivity index is 1.44. The summed E-state index contributed by atoms with van der Waals surface area (Å²) in [5.41, 5.74) is 2.59. The topological polar surface area (TPSA) is 95.2 Å². The molecule has 8 heteroatoms. The van der Waals surface area contributed by atoms with Crippen molar-refractivity contribution in [1.82, 2.24) is 25.4 Å². The fraction of sp³-hybridized carbons (Fsp3) is 0.316. The largest absolute Gasteiger partial charge is 0.379 e. The Labute approximate surface area is 156 Å². The number of pyridine rings is 1. The molecular formula is C19H22N6O2. The average molecular weight is 366 g/mol. The number of carbonyl (C=O) groups is 1. The molecule has 1 aromatic carbocycles. The number of ether oxygens (including phenoxy) is 1. The highest BCUT2D eigenvalue weighted by atomic mass is 16.5. The van der Waals surface area contributed by atoms with E-state index in [1.165, 1.54) is 0 Å². The van der Waals surface area contributed by atoms with Crippen LogP contribution in [0.1, 0.15) is 11.6 Å². The highest BCUT2D eigenvalue weighted by Gasteiger charge is 2.23. The Morgan fingerprint density at radius 2 is 2.11 bits per heavy atom. The van der Waals surface area contributed by atoms with E-state index in [0.29, 0.717) is 25.4 Å². The van der Waals surface area contributed by atoms with Crippen LogP contribution in [0.3, 0.4) is 0 Å². The van der Waals surface area contributed by atoms with Crippen LogP contribution in [0.5, 0.6) is 0 Å². The lowest BCUT2D eigenvalue weighted by atomic mass is 10.1. The van der Waals surface area contributed by atoms with E-state index in [1.807, 2.05) is 36.5 Å². The molecule has 3 N–H and O–H groups in total. The molecule has 1 atom stereocenters. The van der Waals surface area contributed by atoms with Crippen molar-refractivity contribution in [2.45, 2.75) is 6.04 Å². The number of anilines is 1. The average Bonchev–Trinajstić information content (AvgIpc) is 3.20. The molecule has 140 valence electrons. The third-order valence-electron chi connectivity index (χ3n) is 4.74. The summed E-state index contributed by atoms with van der Waals surface area (Å²) >= 11 is 0. The van der Waals surface area contributed by atoms with Crippen LogP contribution in [-0.2, 0) is 4.74 Å². The Morgan fingerprint density at radius 3 is 2.93 bits per heavy atom. The molecule has 8 nitrogen and oxygen atoms in total. The van der Waals surface area contributed by atoms with Crippen LogP contribution in [0.15, 0.2) is 48.9 Å². The number of amides is 2. The second-order valence-electron chi connectivity index (χ2n) is 6.43. The lowest BCUT2D eigenvalue weighted by Gasteiger charge is -2.34. The van der Waals surface area contributed by atoms with Crippen LogP contribution >= 0.6 is 0 Å². The molecule has 27 heavy (non-hydrogen) atoms. The summed E-state index contributed by atoms with van der Waals surface area (Å²) in [6, 6.07) is 9.44. The maximum Gasteiger partial charge on any atom is 0.319 e. The molecule has 0 aliphatic carbocycles. The summed E-state index contributed by atoms with van der Waals surface area (Å²) in [6.45, 7) is 3.54. The van der Waals surface area contributed by atoms with Gasteiger partial charge >= 0.3 is 6.03 Å². The van der Waals surface area contributed by atoms with Gasteiger partial charge in [0.15, 0.2) is 0 Å². The molecule has 1 saturated heterocycles. The van der Waals surface area contributed by atoms with E-state index < -0.39 is 0 Å². The Kier molecular flexibility index (Phi) is 5.27. The number of benzene rings is 1. The molecule has 0 saturated carbocycles. The molecule has 4 rings (SSSR count).